The summed E-state index contributed by atoms with van der Waals surface area (Å²) >= 11 is 0. The highest BCUT2D eigenvalue weighted by Gasteiger charge is 2.46. The Bertz CT molecular complexity index is 1150. The molecule has 14 heteroatoms. The second kappa shape index (κ2) is 18.8. The van der Waals surface area contributed by atoms with Gasteiger partial charge in [-0.25, -0.2) is 9.59 Å². The summed E-state index contributed by atoms with van der Waals surface area (Å²) in [6.07, 6.45) is 1.59. The Morgan fingerprint density at radius 2 is 0.891 bits per heavy atom. The van der Waals surface area contributed by atoms with Crippen LogP contribution < -0.4 is 0 Å². The fourth-order valence-corrected chi connectivity index (χ4v) is 4.08. The summed E-state index contributed by atoms with van der Waals surface area (Å²) in [4.78, 5) is 24.7. The molecule has 0 spiro atoms. The maximum absolute atomic E-state index is 12.3. The largest absolute Gasteiger partial charge is 0.429 e. The fraction of sp³-hybridized carbons (Fsp3) is 0.500. The van der Waals surface area contributed by atoms with Crippen molar-refractivity contribution in [3.63, 3.8) is 0 Å². The van der Waals surface area contributed by atoms with Gasteiger partial charge in [0.1, 0.15) is 48.8 Å². The van der Waals surface area contributed by atoms with Crippen LogP contribution >= 0.6 is 0 Å². The molecule has 4 unspecified atom stereocenters. The molecule has 2 aliphatic rings. The van der Waals surface area contributed by atoms with Gasteiger partial charge in [0.2, 0.25) is 12.6 Å². The van der Waals surface area contributed by atoms with Gasteiger partial charge in [0.05, 0.1) is 13.2 Å². The molecule has 256 valence electrons. The Balaban J connectivity index is 1.86. The summed E-state index contributed by atoms with van der Waals surface area (Å²) in [5.74, 6) is -1.64. The second-order valence-electron chi connectivity index (χ2n) is 10.8. The topological polar surface area (TPSA) is 233 Å². The molecule has 0 amide bonds. The highest BCUT2D eigenvalue weighted by molar-refractivity contribution is 5.88. The SMILES string of the molecule is CC(/C=C/C=C(\C)C(=O)O[C@@H]1OC(CO)[C@@H](O)[C@H](O)C1O)=C\C=C\C=C(C)\C=C\C=C(/C)C(=O)O[C@@H]1OC(CO)[C@@H](O)[C@H](O)C1O. The van der Waals surface area contributed by atoms with E-state index in [1.54, 1.807) is 36.5 Å². The molecule has 2 rings (SSSR count). The van der Waals surface area contributed by atoms with Crippen LogP contribution in [-0.2, 0) is 28.5 Å². The number of aliphatic hydroxyl groups is 8. The lowest BCUT2D eigenvalue weighted by Gasteiger charge is -2.39. The van der Waals surface area contributed by atoms with Gasteiger partial charge in [-0.2, -0.15) is 0 Å². The fourth-order valence-electron chi connectivity index (χ4n) is 4.08. The highest BCUT2D eigenvalue weighted by Crippen LogP contribution is 2.24. The normalized spacial score (nSPS) is 33.7. The third-order valence-corrected chi connectivity index (χ3v) is 7.03. The van der Waals surface area contributed by atoms with Gasteiger partial charge < -0.3 is 59.8 Å². The Hall–Kier alpha value is -3.28. The van der Waals surface area contributed by atoms with Crippen LogP contribution in [0, 0.1) is 0 Å². The minimum Gasteiger partial charge on any atom is -0.429 e. The number of carbonyl (C=O) groups excluding carboxylic acids is 2. The zero-order valence-corrected chi connectivity index (χ0v) is 26.0. The number of carbonyl (C=O) groups is 2. The van der Waals surface area contributed by atoms with E-state index in [1.807, 2.05) is 26.0 Å². The molecule has 0 aromatic rings. The van der Waals surface area contributed by atoms with Crippen molar-refractivity contribution in [3.05, 3.63) is 83.1 Å². The maximum atomic E-state index is 12.3. The van der Waals surface area contributed by atoms with Gasteiger partial charge in [0.25, 0.3) is 0 Å². The zero-order valence-electron chi connectivity index (χ0n) is 26.0. The predicted molar refractivity (Wildman–Crippen MR) is 162 cm³/mol. The molecule has 0 aliphatic carbocycles. The van der Waals surface area contributed by atoms with E-state index in [0.717, 1.165) is 11.1 Å². The van der Waals surface area contributed by atoms with E-state index >= 15 is 0 Å². The van der Waals surface area contributed by atoms with E-state index < -0.39 is 86.6 Å². The number of ether oxygens (including phenoxy) is 4. The van der Waals surface area contributed by atoms with Gasteiger partial charge >= 0.3 is 11.9 Å². The summed E-state index contributed by atoms with van der Waals surface area (Å²) in [6.45, 7) is 5.36. The monoisotopic (exact) mass is 652 g/mol. The number of rotatable bonds is 12. The van der Waals surface area contributed by atoms with Crippen molar-refractivity contribution < 1.29 is 69.4 Å². The molecular formula is C32H44O14. The smallest absolute Gasteiger partial charge is 0.336 e. The van der Waals surface area contributed by atoms with E-state index in [1.165, 1.54) is 26.0 Å². The Morgan fingerprint density at radius 1 is 0.543 bits per heavy atom. The van der Waals surface area contributed by atoms with Crippen LogP contribution in [0.25, 0.3) is 0 Å². The van der Waals surface area contributed by atoms with Crippen molar-refractivity contribution in [1.82, 2.24) is 0 Å². The average Bonchev–Trinajstić information content (AvgIpc) is 3.03. The molecule has 2 saturated heterocycles. The molecule has 0 aromatic heterocycles. The van der Waals surface area contributed by atoms with E-state index in [4.69, 9.17) is 18.9 Å². The lowest BCUT2D eigenvalue weighted by atomic mass is 9.99. The van der Waals surface area contributed by atoms with Crippen molar-refractivity contribution in [1.29, 1.82) is 0 Å². The molecule has 0 aromatic carbocycles. The number of aliphatic hydroxyl groups excluding tert-OH is 8. The number of esters is 2. The summed E-state index contributed by atoms with van der Waals surface area (Å²) in [5, 5.41) is 77.8. The quantitative estimate of drug-likeness (QED) is 0.0728. The molecule has 2 aliphatic heterocycles. The molecule has 2 fully saturated rings. The summed E-state index contributed by atoms with van der Waals surface area (Å²) in [6, 6.07) is 0. The zero-order chi connectivity index (χ0) is 34.6. The average molecular weight is 653 g/mol. The van der Waals surface area contributed by atoms with Crippen LogP contribution in [0.3, 0.4) is 0 Å². The van der Waals surface area contributed by atoms with E-state index in [0.29, 0.717) is 0 Å². The van der Waals surface area contributed by atoms with Gasteiger partial charge in [-0.1, -0.05) is 71.9 Å². The minimum atomic E-state index is -1.69. The van der Waals surface area contributed by atoms with Gasteiger partial charge in [0, 0.05) is 11.1 Å². The van der Waals surface area contributed by atoms with Crippen LogP contribution in [0.15, 0.2) is 83.1 Å². The first-order valence-corrected chi connectivity index (χ1v) is 14.5. The van der Waals surface area contributed by atoms with Gasteiger partial charge in [0.15, 0.2) is 0 Å². The number of allylic oxidation sites excluding steroid dienone is 12. The summed E-state index contributed by atoms with van der Waals surface area (Å²) in [5.41, 5.74) is 2.04. The first kappa shape index (κ1) is 38.9. The molecular weight excluding hydrogens is 608 g/mol. The van der Waals surface area contributed by atoms with Gasteiger partial charge in [-0.05, 0) is 27.7 Å². The highest BCUT2D eigenvalue weighted by atomic mass is 16.7. The van der Waals surface area contributed by atoms with Crippen LogP contribution in [0.4, 0.5) is 0 Å². The molecule has 0 saturated carbocycles. The maximum Gasteiger partial charge on any atom is 0.336 e. The minimum absolute atomic E-state index is 0.174. The molecule has 0 radical (unpaired) electrons. The van der Waals surface area contributed by atoms with Gasteiger partial charge in [-0.15, -0.1) is 0 Å². The molecule has 2 heterocycles. The second-order valence-corrected chi connectivity index (χ2v) is 10.8. The Kier molecular flexibility index (Phi) is 15.9. The lowest BCUT2D eigenvalue weighted by Crippen LogP contribution is -2.59. The third-order valence-electron chi connectivity index (χ3n) is 7.03. The number of hydrogen-bond donors (Lipinski definition) is 8. The van der Waals surface area contributed by atoms with Crippen molar-refractivity contribution in [3.8, 4) is 0 Å². The molecule has 46 heavy (non-hydrogen) atoms. The Morgan fingerprint density at radius 3 is 1.22 bits per heavy atom. The van der Waals surface area contributed by atoms with Crippen LogP contribution in [0.5, 0.6) is 0 Å². The van der Waals surface area contributed by atoms with Crippen molar-refractivity contribution in [2.45, 2.75) is 89.1 Å². The number of hydrogen-bond acceptors (Lipinski definition) is 14. The first-order valence-electron chi connectivity index (χ1n) is 14.5. The molecule has 14 nitrogen and oxygen atoms in total. The van der Waals surface area contributed by atoms with Crippen LogP contribution in [0.1, 0.15) is 27.7 Å². The first-order chi connectivity index (χ1) is 21.7. The standard InChI is InChI=1S/C32H44O14/c1-17(11-7-13-19(3)29(41)45-31-27(39)25(37)23(35)21(15-33)43-31)9-5-6-10-18(2)12-8-14-20(4)30(42)46-32-28(40)26(38)24(36)22(16-34)44-32/h5-14,21-28,31-40H,15-16H2,1-4H3/b6-5+,11-7+,12-8+,17-9+,18-10+,19-13+,20-14+/t21?,22?,23-,24-,25+,26+,27?,28?,31+,32+/m1/s1. The molecule has 10 atom stereocenters. The van der Waals surface area contributed by atoms with Crippen LogP contribution in [0.2, 0.25) is 0 Å². The predicted octanol–water partition coefficient (Wildman–Crippen LogP) is -0.874. The Labute approximate surface area is 266 Å². The van der Waals surface area contributed by atoms with E-state index in [2.05, 4.69) is 0 Å². The van der Waals surface area contributed by atoms with E-state index in [-0.39, 0.29) is 11.1 Å². The summed E-state index contributed by atoms with van der Waals surface area (Å²) in [7, 11) is 0. The van der Waals surface area contributed by atoms with Crippen molar-refractivity contribution in [2.24, 2.45) is 0 Å². The molecule has 0 bridgehead atoms. The van der Waals surface area contributed by atoms with Crippen molar-refractivity contribution >= 4 is 11.9 Å². The van der Waals surface area contributed by atoms with Gasteiger partial charge in [-0.3, -0.25) is 0 Å². The van der Waals surface area contributed by atoms with E-state index in [9.17, 15) is 50.4 Å². The van der Waals surface area contributed by atoms with Crippen molar-refractivity contribution in [2.75, 3.05) is 13.2 Å². The summed E-state index contributed by atoms with van der Waals surface area (Å²) < 4.78 is 20.5. The molecule has 8 N–H and O–H groups in total. The third kappa shape index (κ3) is 11.2. The van der Waals surface area contributed by atoms with Crippen LogP contribution in [-0.4, -0.2) is 127 Å². The lowest BCUT2D eigenvalue weighted by molar-refractivity contribution is -0.291.